The molecule has 1 aromatic carbocycles. The van der Waals surface area contributed by atoms with Gasteiger partial charge < -0.3 is 4.42 Å². The summed E-state index contributed by atoms with van der Waals surface area (Å²) in [5.41, 5.74) is 0.520. The Labute approximate surface area is 100 Å². The predicted molar refractivity (Wildman–Crippen MR) is 63.9 cm³/mol. The van der Waals surface area contributed by atoms with Gasteiger partial charge in [-0.2, -0.15) is 0 Å². The Morgan fingerprint density at radius 1 is 1.24 bits per heavy atom. The van der Waals surface area contributed by atoms with E-state index in [-0.39, 0.29) is 17.4 Å². The van der Waals surface area contributed by atoms with Crippen LogP contribution >= 0.6 is 11.3 Å². The minimum atomic E-state index is -0.339. The molecule has 0 aliphatic rings. The summed E-state index contributed by atoms with van der Waals surface area (Å²) in [5.74, 6) is -0.266. The molecule has 0 radical (unpaired) electrons. The zero-order chi connectivity index (χ0) is 11.8. The van der Waals surface area contributed by atoms with E-state index in [4.69, 9.17) is 4.42 Å². The molecule has 84 valence electrons. The van der Waals surface area contributed by atoms with Crippen molar-refractivity contribution in [2.75, 3.05) is 0 Å². The molecule has 2 heterocycles. The monoisotopic (exact) mass is 246 g/mol. The molecule has 0 atom stereocenters. The fourth-order valence-corrected chi connectivity index (χ4v) is 2.32. The van der Waals surface area contributed by atoms with E-state index < -0.39 is 0 Å². The molecule has 0 bridgehead atoms. The van der Waals surface area contributed by atoms with Crippen molar-refractivity contribution >= 4 is 28.1 Å². The quantitative estimate of drug-likeness (QED) is 0.642. The molecule has 2 nitrogen and oxygen atoms in total. The van der Waals surface area contributed by atoms with Crippen LogP contribution in [0.2, 0.25) is 0 Å². The van der Waals surface area contributed by atoms with Crippen molar-refractivity contribution in [3.05, 3.63) is 58.2 Å². The van der Waals surface area contributed by atoms with Gasteiger partial charge in [0.15, 0.2) is 5.76 Å². The molecule has 17 heavy (non-hydrogen) atoms. The lowest BCUT2D eigenvalue weighted by Crippen LogP contribution is -1.95. The molecule has 0 amide bonds. The van der Waals surface area contributed by atoms with Crippen LogP contribution in [0.25, 0.3) is 11.0 Å². The van der Waals surface area contributed by atoms with Crippen molar-refractivity contribution in [2.24, 2.45) is 0 Å². The summed E-state index contributed by atoms with van der Waals surface area (Å²) in [7, 11) is 0. The smallest absolute Gasteiger partial charge is 0.238 e. The number of ketones is 1. The number of halogens is 1. The minimum absolute atomic E-state index is 0.170. The maximum Gasteiger partial charge on any atom is 0.238 e. The summed E-state index contributed by atoms with van der Waals surface area (Å²) in [6.07, 6.45) is 0. The number of fused-ring (bicyclic) bond motifs is 1. The Hall–Kier alpha value is -1.94. The van der Waals surface area contributed by atoms with E-state index in [0.717, 1.165) is 0 Å². The van der Waals surface area contributed by atoms with Crippen molar-refractivity contribution in [1.82, 2.24) is 0 Å². The second-order valence-electron chi connectivity index (χ2n) is 3.60. The van der Waals surface area contributed by atoms with E-state index in [9.17, 15) is 9.18 Å². The molecule has 4 heteroatoms. The summed E-state index contributed by atoms with van der Waals surface area (Å²) in [6.45, 7) is 0. The van der Waals surface area contributed by atoms with Gasteiger partial charge in [-0.1, -0.05) is 6.07 Å². The van der Waals surface area contributed by atoms with Crippen LogP contribution in [0.1, 0.15) is 15.4 Å². The number of benzene rings is 1. The Kier molecular flexibility index (Phi) is 2.30. The maximum absolute atomic E-state index is 13.0. The molecule has 3 aromatic rings. The van der Waals surface area contributed by atoms with Gasteiger partial charge in [0.25, 0.3) is 0 Å². The third kappa shape index (κ3) is 1.76. The van der Waals surface area contributed by atoms with Crippen LogP contribution in [0.4, 0.5) is 4.39 Å². The molecular weight excluding hydrogens is 239 g/mol. The van der Waals surface area contributed by atoms with Crippen LogP contribution < -0.4 is 0 Å². The summed E-state index contributed by atoms with van der Waals surface area (Å²) in [5, 5.41) is 2.43. The fraction of sp³-hybridized carbons (Fsp3) is 0. The number of hydrogen-bond acceptors (Lipinski definition) is 3. The highest BCUT2D eigenvalue weighted by molar-refractivity contribution is 7.12. The largest absolute Gasteiger partial charge is 0.453 e. The first-order chi connectivity index (χ1) is 8.24. The number of furan rings is 1. The summed E-state index contributed by atoms with van der Waals surface area (Å²) in [4.78, 5) is 12.6. The number of carbonyl (C=O) groups is 1. The molecule has 0 spiro atoms. The van der Waals surface area contributed by atoms with Gasteiger partial charge in [0.1, 0.15) is 11.4 Å². The van der Waals surface area contributed by atoms with Crippen LogP contribution in [-0.2, 0) is 0 Å². The van der Waals surface area contributed by atoms with E-state index in [1.165, 1.54) is 29.5 Å². The normalized spacial score (nSPS) is 10.9. The second kappa shape index (κ2) is 3.82. The minimum Gasteiger partial charge on any atom is -0.453 e. The van der Waals surface area contributed by atoms with Gasteiger partial charge in [-0.25, -0.2) is 4.39 Å². The fourth-order valence-electron chi connectivity index (χ4n) is 1.66. The third-order valence-corrected chi connectivity index (χ3v) is 3.32. The molecule has 0 aliphatic carbocycles. The topological polar surface area (TPSA) is 30.2 Å². The van der Waals surface area contributed by atoms with Gasteiger partial charge in [-0.05, 0) is 35.7 Å². The van der Waals surface area contributed by atoms with Crippen LogP contribution in [0.3, 0.4) is 0 Å². The van der Waals surface area contributed by atoms with Gasteiger partial charge in [0.2, 0.25) is 5.78 Å². The van der Waals surface area contributed by atoms with E-state index in [0.29, 0.717) is 15.8 Å². The first kappa shape index (κ1) is 10.2. The van der Waals surface area contributed by atoms with E-state index in [1.807, 2.05) is 5.38 Å². The summed E-state index contributed by atoms with van der Waals surface area (Å²) in [6, 6.07) is 9.30. The number of carbonyl (C=O) groups excluding carboxylic acids is 1. The third-order valence-electron chi connectivity index (χ3n) is 2.45. The molecule has 0 fully saturated rings. The van der Waals surface area contributed by atoms with Crippen molar-refractivity contribution in [3.63, 3.8) is 0 Å². The highest BCUT2D eigenvalue weighted by Gasteiger charge is 2.15. The predicted octanol–water partition coefficient (Wildman–Crippen LogP) is 3.86. The maximum atomic E-state index is 13.0. The van der Waals surface area contributed by atoms with Crippen LogP contribution in [-0.4, -0.2) is 5.78 Å². The Balaban J connectivity index is 2.09. The van der Waals surface area contributed by atoms with E-state index >= 15 is 0 Å². The average Bonchev–Trinajstić information content (AvgIpc) is 2.96. The highest BCUT2D eigenvalue weighted by atomic mass is 32.1. The van der Waals surface area contributed by atoms with Gasteiger partial charge in [0.05, 0.1) is 4.88 Å². The zero-order valence-corrected chi connectivity index (χ0v) is 9.46. The average molecular weight is 246 g/mol. The van der Waals surface area contributed by atoms with Crippen molar-refractivity contribution < 1.29 is 13.6 Å². The van der Waals surface area contributed by atoms with Gasteiger partial charge in [-0.15, -0.1) is 11.3 Å². The Bertz CT molecular complexity index is 683. The van der Waals surface area contributed by atoms with E-state index in [1.54, 1.807) is 18.2 Å². The summed E-state index contributed by atoms with van der Waals surface area (Å²) < 4.78 is 18.4. The zero-order valence-electron chi connectivity index (χ0n) is 8.64. The molecule has 0 N–H and O–H groups in total. The van der Waals surface area contributed by atoms with Crippen LogP contribution in [0.5, 0.6) is 0 Å². The van der Waals surface area contributed by atoms with Crippen molar-refractivity contribution in [1.29, 1.82) is 0 Å². The Morgan fingerprint density at radius 3 is 2.88 bits per heavy atom. The van der Waals surface area contributed by atoms with Crippen LogP contribution in [0.15, 0.2) is 46.2 Å². The highest BCUT2D eigenvalue weighted by Crippen LogP contribution is 2.23. The van der Waals surface area contributed by atoms with Gasteiger partial charge >= 0.3 is 0 Å². The molecule has 3 rings (SSSR count). The van der Waals surface area contributed by atoms with Gasteiger partial charge in [-0.3, -0.25) is 4.79 Å². The first-order valence-corrected chi connectivity index (χ1v) is 5.89. The molecule has 0 saturated carbocycles. The van der Waals surface area contributed by atoms with Crippen molar-refractivity contribution in [3.8, 4) is 0 Å². The Morgan fingerprint density at radius 2 is 2.12 bits per heavy atom. The lowest BCUT2D eigenvalue weighted by molar-refractivity contribution is 0.101. The second-order valence-corrected chi connectivity index (χ2v) is 4.55. The lowest BCUT2D eigenvalue weighted by atomic mass is 10.2. The standard InChI is InChI=1S/C13H7FO2S/c14-9-3-4-10-8(6-9)7-11(16-10)13(15)12-2-1-5-17-12/h1-7H. The van der Waals surface area contributed by atoms with Gasteiger partial charge in [0, 0.05) is 5.39 Å². The molecule has 0 saturated heterocycles. The number of hydrogen-bond donors (Lipinski definition) is 0. The number of thiophene rings is 1. The lowest BCUT2D eigenvalue weighted by Gasteiger charge is -1.90. The SMILES string of the molecule is O=C(c1cc2cc(F)ccc2o1)c1cccs1. The number of rotatable bonds is 2. The first-order valence-electron chi connectivity index (χ1n) is 5.01. The molecule has 0 unspecified atom stereocenters. The summed E-state index contributed by atoms with van der Waals surface area (Å²) >= 11 is 1.36. The molecule has 2 aromatic heterocycles. The molecule has 0 aliphatic heterocycles. The molecular formula is C13H7FO2S. The van der Waals surface area contributed by atoms with Crippen molar-refractivity contribution in [2.45, 2.75) is 0 Å². The van der Waals surface area contributed by atoms with E-state index in [2.05, 4.69) is 0 Å². The van der Waals surface area contributed by atoms with Crippen LogP contribution in [0, 0.1) is 5.82 Å².